The van der Waals surface area contributed by atoms with Crippen molar-refractivity contribution >= 4 is 11.8 Å². The maximum absolute atomic E-state index is 10.4. The Hall–Kier alpha value is -1.10. The smallest absolute Gasteiger partial charge is 0.320 e. The van der Waals surface area contributed by atoms with Crippen LogP contribution in [0.25, 0.3) is 0 Å². The molecule has 0 aromatic carbocycles. The number of hydrogen-bond donors (Lipinski definition) is 3. The molecule has 82 valence electrons. The number of carbonyl (C=O) groups is 1. The molecular formula is C9H19N3O2. The third kappa shape index (κ3) is 6.42. The Balaban J connectivity index is 3.34. The summed E-state index contributed by atoms with van der Waals surface area (Å²) in [7, 11) is 1.72. The van der Waals surface area contributed by atoms with Gasteiger partial charge in [0.15, 0.2) is 0 Å². The third-order valence-corrected chi connectivity index (χ3v) is 1.98. The zero-order chi connectivity index (χ0) is 11.0. The predicted molar refractivity (Wildman–Crippen MR) is 56.5 cm³/mol. The Kier molecular flexibility index (Phi) is 6.74. The molecule has 0 bridgehead atoms. The lowest BCUT2D eigenvalue weighted by atomic mass is 10.1. The summed E-state index contributed by atoms with van der Waals surface area (Å²) in [6.45, 7) is 2.71. The Morgan fingerprint density at radius 3 is 2.71 bits per heavy atom. The van der Waals surface area contributed by atoms with E-state index < -0.39 is 12.0 Å². The second-order valence-corrected chi connectivity index (χ2v) is 3.18. The van der Waals surface area contributed by atoms with E-state index in [4.69, 9.17) is 10.8 Å². The molecular weight excluding hydrogens is 182 g/mol. The van der Waals surface area contributed by atoms with Gasteiger partial charge in [0.05, 0.1) is 5.84 Å². The predicted octanol–water partition coefficient (Wildman–Crippen LogP) is 0.206. The van der Waals surface area contributed by atoms with Gasteiger partial charge in [-0.05, 0) is 26.2 Å². The highest BCUT2D eigenvalue weighted by Crippen LogP contribution is 1.98. The van der Waals surface area contributed by atoms with Gasteiger partial charge in [-0.25, -0.2) is 0 Å². The highest BCUT2D eigenvalue weighted by molar-refractivity contribution is 5.79. The molecule has 0 aliphatic carbocycles. The average Bonchev–Trinajstić information content (AvgIpc) is 2.16. The van der Waals surface area contributed by atoms with Crippen LogP contribution in [0.2, 0.25) is 0 Å². The van der Waals surface area contributed by atoms with Gasteiger partial charge in [-0.1, -0.05) is 0 Å². The molecule has 5 heteroatoms. The van der Waals surface area contributed by atoms with Gasteiger partial charge in [0, 0.05) is 13.6 Å². The number of aliphatic carboxylic acids is 1. The lowest BCUT2D eigenvalue weighted by Crippen LogP contribution is -2.30. The van der Waals surface area contributed by atoms with E-state index in [1.54, 1.807) is 7.05 Å². The summed E-state index contributed by atoms with van der Waals surface area (Å²) >= 11 is 0. The molecule has 0 saturated heterocycles. The average molecular weight is 201 g/mol. The van der Waals surface area contributed by atoms with Gasteiger partial charge >= 0.3 is 5.97 Å². The molecule has 0 rings (SSSR count). The van der Waals surface area contributed by atoms with Crippen LogP contribution >= 0.6 is 0 Å². The van der Waals surface area contributed by atoms with Crippen molar-refractivity contribution in [2.75, 3.05) is 13.6 Å². The lowest BCUT2D eigenvalue weighted by molar-refractivity contribution is -0.138. The molecule has 14 heavy (non-hydrogen) atoms. The quantitative estimate of drug-likeness (QED) is 0.325. The van der Waals surface area contributed by atoms with Crippen LogP contribution in [0.5, 0.6) is 0 Å². The number of rotatable bonds is 6. The monoisotopic (exact) mass is 201 g/mol. The SMILES string of the molecule is CN=C(C)NCCCC[C@H](N)C(=O)O. The second-order valence-electron chi connectivity index (χ2n) is 3.18. The molecule has 0 aliphatic heterocycles. The highest BCUT2D eigenvalue weighted by Gasteiger charge is 2.09. The first-order valence-electron chi connectivity index (χ1n) is 4.73. The van der Waals surface area contributed by atoms with Crippen LogP contribution in [0.3, 0.4) is 0 Å². The molecule has 0 spiro atoms. The molecule has 1 atom stereocenters. The van der Waals surface area contributed by atoms with Gasteiger partial charge in [-0.15, -0.1) is 0 Å². The molecule has 0 amide bonds. The molecule has 0 aromatic rings. The maximum Gasteiger partial charge on any atom is 0.320 e. The van der Waals surface area contributed by atoms with Crippen LogP contribution in [-0.2, 0) is 4.79 Å². The van der Waals surface area contributed by atoms with Crippen molar-refractivity contribution in [3.63, 3.8) is 0 Å². The van der Waals surface area contributed by atoms with E-state index in [1.807, 2.05) is 6.92 Å². The zero-order valence-electron chi connectivity index (χ0n) is 8.79. The van der Waals surface area contributed by atoms with Crippen LogP contribution in [0.4, 0.5) is 0 Å². The summed E-state index contributed by atoms with van der Waals surface area (Å²) in [5, 5.41) is 11.6. The fourth-order valence-corrected chi connectivity index (χ4v) is 0.961. The van der Waals surface area contributed by atoms with Crippen molar-refractivity contribution in [2.24, 2.45) is 10.7 Å². The van der Waals surface area contributed by atoms with E-state index in [0.29, 0.717) is 6.42 Å². The van der Waals surface area contributed by atoms with Crippen molar-refractivity contribution in [3.05, 3.63) is 0 Å². The summed E-state index contributed by atoms with van der Waals surface area (Å²) < 4.78 is 0. The normalized spacial score (nSPS) is 13.8. The fraction of sp³-hybridized carbons (Fsp3) is 0.778. The van der Waals surface area contributed by atoms with Gasteiger partial charge in [0.1, 0.15) is 6.04 Å². The Bertz CT molecular complexity index is 204. The molecule has 0 heterocycles. The minimum Gasteiger partial charge on any atom is -0.480 e. The number of nitrogens with one attached hydrogen (secondary N) is 1. The number of aliphatic imine (C=N–C) groups is 1. The summed E-state index contributed by atoms with van der Waals surface area (Å²) in [5.41, 5.74) is 5.34. The van der Waals surface area contributed by atoms with Crippen molar-refractivity contribution in [1.82, 2.24) is 5.32 Å². The molecule has 0 fully saturated rings. The lowest BCUT2D eigenvalue weighted by Gasteiger charge is -2.07. The van der Waals surface area contributed by atoms with Crippen molar-refractivity contribution in [1.29, 1.82) is 0 Å². The molecule has 5 nitrogen and oxygen atoms in total. The number of hydrogen-bond acceptors (Lipinski definition) is 3. The molecule has 0 aliphatic rings. The molecule has 0 unspecified atom stereocenters. The zero-order valence-corrected chi connectivity index (χ0v) is 8.79. The number of unbranched alkanes of at least 4 members (excludes halogenated alkanes) is 1. The van der Waals surface area contributed by atoms with E-state index in [9.17, 15) is 4.79 Å². The van der Waals surface area contributed by atoms with E-state index in [0.717, 1.165) is 25.2 Å². The van der Waals surface area contributed by atoms with E-state index in [-0.39, 0.29) is 0 Å². The first kappa shape index (κ1) is 12.9. The van der Waals surface area contributed by atoms with Gasteiger partial charge in [0.2, 0.25) is 0 Å². The van der Waals surface area contributed by atoms with Crippen molar-refractivity contribution in [2.45, 2.75) is 32.2 Å². The van der Waals surface area contributed by atoms with Gasteiger partial charge in [0.25, 0.3) is 0 Å². The second kappa shape index (κ2) is 7.32. The summed E-state index contributed by atoms with van der Waals surface area (Å²) in [6, 6.07) is -0.726. The van der Waals surface area contributed by atoms with E-state index in [2.05, 4.69) is 10.3 Å². The number of nitrogens with zero attached hydrogens (tertiary/aromatic N) is 1. The fourth-order valence-electron chi connectivity index (χ4n) is 0.961. The van der Waals surface area contributed by atoms with Crippen LogP contribution in [0.1, 0.15) is 26.2 Å². The standard InChI is InChI=1S/C9H19N3O2/c1-7(11-2)12-6-4-3-5-8(10)9(13)14/h8H,3-6,10H2,1-2H3,(H,11,12)(H,13,14)/t8-/m0/s1. The van der Waals surface area contributed by atoms with Crippen LogP contribution < -0.4 is 11.1 Å². The van der Waals surface area contributed by atoms with Crippen LogP contribution in [0, 0.1) is 0 Å². The summed E-state index contributed by atoms with van der Waals surface area (Å²) in [4.78, 5) is 14.3. The summed E-state index contributed by atoms with van der Waals surface area (Å²) in [6.07, 6.45) is 2.25. The maximum atomic E-state index is 10.4. The number of amidine groups is 1. The van der Waals surface area contributed by atoms with Crippen molar-refractivity contribution in [3.8, 4) is 0 Å². The molecule has 0 aromatic heterocycles. The minimum absolute atomic E-state index is 0.527. The van der Waals surface area contributed by atoms with E-state index in [1.165, 1.54) is 0 Å². The van der Waals surface area contributed by atoms with Crippen LogP contribution in [0.15, 0.2) is 4.99 Å². The molecule has 0 radical (unpaired) electrons. The highest BCUT2D eigenvalue weighted by atomic mass is 16.4. The first-order chi connectivity index (χ1) is 6.57. The number of carboxylic acids is 1. The number of carboxylic acid groups (broad SMARTS) is 1. The number of nitrogens with two attached hydrogens (primary N) is 1. The molecule has 0 saturated carbocycles. The topological polar surface area (TPSA) is 87.7 Å². The van der Waals surface area contributed by atoms with Gasteiger partial charge in [-0.3, -0.25) is 9.79 Å². The molecule has 4 N–H and O–H groups in total. The van der Waals surface area contributed by atoms with Crippen LogP contribution in [-0.4, -0.2) is 36.5 Å². The van der Waals surface area contributed by atoms with Gasteiger partial charge < -0.3 is 16.2 Å². The van der Waals surface area contributed by atoms with Crippen molar-refractivity contribution < 1.29 is 9.90 Å². The first-order valence-corrected chi connectivity index (χ1v) is 4.73. The summed E-state index contributed by atoms with van der Waals surface area (Å²) in [5.74, 6) is -0.0307. The Labute approximate surface area is 84.4 Å². The third-order valence-electron chi connectivity index (χ3n) is 1.98. The minimum atomic E-state index is -0.927. The van der Waals surface area contributed by atoms with Gasteiger partial charge in [-0.2, -0.15) is 0 Å². The van der Waals surface area contributed by atoms with E-state index >= 15 is 0 Å². The Morgan fingerprint density at radius 1 is 1.57 bits per heavy atom. The Morgan fingerprint density at radius 2 is 2.21 bits per heavy atom. The largest absolute Gasteiger partial charge is 0.480 e.